The number of aliphatic carboxylic acids is 1. The van der Waals surface area contributed by atoms with Crippen LogP contribution in [-0.4, -0.2) is 99.8 Å². The number of nitrogens with one attached hydrogen (secondary N) is 1. The number of aromatic nitrogens is 4. The second kappa shape index (κ2) is 12.7. The van der Waals surface area contributed by atoms with E-state index in [1.165, 1.54) is 4.31 Å². The number of sulfonamides is 1. The summed E-state index contributed by atoms with van der Waals surface area (Å²) in [5.74, 6) is 0.0520. The minimum Gasteiger partial charge on any atom is -0.481 e. The molecule has 0 unspecified atom stereocenters. The number of fused-ring (bicyclic) bond motifs is 2. The molecular weight excluding hydrogens is 634 g/mol. The Bertz CT molecular complexity index is 1970. The molecule has 1 aromatic carbocycles. The van der Waals surface area contributed by atoms with E-state index >= 15 is 0 Å². The van der Waals surface area contributed by atoms with Crippen molar-refractivity contribution < 1.29 is 27.8 Å². The van der Waals surface area contributed by atoms with Gasteiger partial charge < -0.3 is 19.9 Å². The topological polar surface area (TPSA) is 151 Å². The van der Waals surface area contributed by atoms with Crippen LogP contribution >= 0.6 is 0 Å². The number of hydrogen-bond acceptors (Lipinski definition) is 10. The third-order valence-corrected chi connectivity index (χ3v) is 11.6. The fourth-order valence-electron chi connectivity index (χ4n) is 6.73. The molecule has 7 rings (SSSR count). The molecule has 2 aliphatic heterocycles. The summed E-state index contributed by atoms with van der Waals surface area (Å²) in [7, 11) is -3.97. The zero-order chi connectivity index (χ0) is 33.6. The number of carboxylic acids is 1. The number of rotatable bonds is 10. The second-order valence-corrected chi connectivity index (χ2v) is 15.0. The summed E-state index contributed by atoms with van der Waals surface area (Å²) in [6, 6.07) is 11.0. The molecule has 1 saturated heterocycles. The Labute approximate surface area is 279 Å². The third-order valence-electron chi connectivity index (χ3n) is 9.78. The molecule has 48 heavy (non-hydrogen) atoms. The highest BCUT2D eigenvalue weighted by Crippen LogP contribution is 2.46. The fourth-order valence-corrected chi connectivity index (χ4v) is 8.27. The van der Waals surface area contributed by atoms with Crippen molar-refractivity contribution in [3.63, 3.8) is 0 Å². The van der Waals surface area contributed by atoms with Crippen molar-refractivity contribution in [3.05, 3.63) is 76.2 Å². The number of morpholine rings is 1. The maximum absolute atomic E-state index is 14.2. The highest BCUT2D eigenvalue weighted by Gasteiger charge is 2.52. The van der Waals surface area contributed by atoms with Crippen molar-refractivity contribution in [2.24, 2.45) is 0 Å². The van der Waals surface area contributed by atoms with Gasteiger partial charge in [-0.05, 0) is 79.6 Å². The highest BCUT2D eigenvalue weighted by atomic mass is 32.2. The van der Waals surface area contributed by atoms with Crippen molar-refractivity contribution in [1.29, 1.82) is 0 Å². The lowest BCUT2D eigenvalue weighted by atomic mass is 9.85. The van der Waals surface area contributed by atoms with Crippen LogP contribution in [-0.2, 0) is 26.1 Å². The fraction of sp³-hybridized carbons (Fsp3) is 0.471. The standard InChI is InChI=1S/C34H41N7O6S/c1-22-4-5-25(28(19-31(42)43)27-8-12-41-24(3)37-38-32(41)23(27)2)18-26(22)20-40-21-34(9-10-34)47-33-29(48(40,44)45)6-7-30(36-33)35-11-13-39-14-16-46-17-15-39/h4-8,12,18,28H,9-11,13-17,19-21H2,1-3H3,(H,35,36)(H,42,43)/t28-/m0/s1. The SMILES string of the molecule is Cc1ccc([C@H](CC(=O)O)c2ccn3c(C)nnc3c2C)cc1CN1CC2(CC2)Oc2nc(NCCN3CCOCC3)ccc2S1(=O)=O. The van der Waals surface area contributed by atoms with Gasteiger partial charge in [0.15, 0.2) is 5.65 Å². The number of hydrogen-bond donors (Lipinski definition) is 2. The number of pyridine rings is 2. The molecule has 0 radical (unpaired) electrons. The highest BCUT2D eigenvalue weighted by molar-refractivity contribution is 7.89. The van der Waals surface area contributed by atoms with E-state index in [4.69, 9.17) is 9.47 Å². The first kappa shape index (κ1) is 32.4. The summed E-state index contributed by atoms with van der Waals surface area (Å²) < 4.78 is 43.6. The van der Waals surface area contributed by atoms with Gasteiger partial charge in [-0.2, -0.15) is 9.29 Å². The largest absolute Gasteiger partial charge is 0.481 e. The second-order valence-electron chi connectivity index (χ2n) is 13.1. The van der Waals surface area contributed by atoms with Gasteiger partial charge >= 0.3 is 5.97 Å². The lowest BCUT2D eigenvalue weighted by Crippen LogP contribution is -2.39. The van der Waals surface area contributed by atoms with Crippen molar-refractivity contribution in [2.75, 3.05) is 51.3 Å². The normalized spacial score (nSPS) is 19.4. The van der Waals surface area contributed by atoms with Crippen molar-refractivity contribution >= 4 is 27.5 Å². The van der Waals surface area contributed by atoms with E-state index in [0.29, 0.717) is 18.0 Å². The minimum absolute atomic E-state index is 0.0510. The van der Waals surface area contributed by atoms with Gasteiger partial charge in [0, 0.05) is 44.8 Å². The molecule has 254 valence electrons. The maximum atomic E-state index is 14.2. The maximum Gasteiger partial charge on any atom is 0.304 e. The molecule has 14 heteroatoms. The van der Waals surface area contributed by atoms with Gasteiger partial charge in [0.25, 0.3) is 0 Å². The van der Waals surface area contributed by atoms with Gasteiger partial charge in [-0.3, -0.25) is 14.1 Å². The molecule has 5 heterocycles. The predicted molar refractivity (Wildman–Crippen MR) is 178 cm³/mol. The monoisotopic (exact) mass is 675 g/mol. The van der Waals surface area contributed by atoms with Crippen LogP contribution in [0.2, 0.25) is 0 Å². The van der Waals surface area contributed by atoms with Gasteiger partial charge in [0.05, 0.1) is 26.2 Å². The van der Waals surface area contributed by atoms with E-state index in [0.717, 1.165) is 79.3 Å². The number of benzene rings is 1. The first-order valence-electron chi connectivity index (χ1n) is 16.4. The Balaban J connectivity index is 1.16. The summed E-state index contributed by atoms with van der Waals surface area (Å²) in [4.78, 5) is 19.1. The first-order valence-corrected chi connectivity index (χ1v) is 17.8. The number of carbonyl (C=O) groups is 1. The predicted octanol–water partition coefficient (Wildman–Crippen LogP) is 3.52. The molecule has 2 fully saturated rings. The van der Waals surface area contributed by atoms with Crippen LogP contribution in [0.5, 0.6) is 5.88 Å². The number of anilines is 1. The van der Waals surface area contributed by atoms with Crippen molar-refractivity contribution in [3.8, 4) is 5.88 Å². The lowest BCUT2D eigenvalue weighted by molar-refractivity contribution is -0.137. The van der Waals surface area contributed by atoms with Crippen LogP contribution in [0.15, 0.2) is 47.5 Å². The molecule has 1 aliphatic carbocycles. The van der Waals surface area contributed by atoms with E-state index in [2.05, 4.69) is 25.4 Å². The Kier molecular flexibility index (Phi) is 8.60. The average Bonchev–Trinajstić information content (AvgIpc) is 3.72. The van der Waals surface area contributed by atoms with E-state index in [9.17, 15) is 18.3 Å². The van der Waals surface area contributed by atoms with Crippen LogP contribution in [0.1, 0.15) is 58.8 Å². The minimum atomic E-state index is -3.97. The number of ether oxygens (including phenoxy) is 2. The third kappa shape index (κ3) is 6.37. The molecule has 1 atom stereocenters. The lowest BCUT2D eigenvalue weighted by Gasteiger charge is -2.26. The molecule has 3 aliphatic rings. The zero-order valence-electron chi connectivity index (χ0n) is 27.5. The Morgan fingerprint density at radius 2 is 1.88 bits per heavy atom. The van der Waals surface area contributed by atoms with Gasteiger partial charge in [-0.15, -0.1) is 10.2 Å². The number of carboxylic acid groups (broad SMARTS) is 1. The van der Waals surface area contributed by atoms with Crippen molar-refractivity contribution in [1.82, 2.24) is 28.8 Å². The van der Waals surface area contributed by atoms with Crippen LogP contribution in [0.4, 0.5) is 5.82 Å². The van der Waals surface area contributed by atoms with Crippen molar-refractivity contribution in [2.45, 2.75) is 63.0 Å². The quantitative estimate of drug-likeness (QED) is 0.254. The van der Waals surface area contributed by atoms with Crippen LogP contribution in [0.3, 0.4) is 0 Å². The molecule has 0 amide bonds. The van der Waals surface area contributed by atoms with E-state index in [1.54, 1.807) is 12.1 Å². The summed E-state index contributed by atoms with van der Waals surface area (Å²) >= 11 is 0. The smallest absolute Gasteiger partial charge is 0.304 e. The van der Waals surface area contributed by atoms with E-state index in [-0.39, 0.29) is 30.3 Å². The summed E-state index contributed by atoms with van der Waals surface area (Å²) in [5.41, 5.74) is 4.26. The van der Waals surface area contributed by atoms with Crippen LogP contribution in [0.25, 0.3) is 5.65 Å². The van der Waals surface area contributed by atoms with Gasteiger partial charge in [0.2, 0.25) is 15.9 Å². The zero-order valence-corrected chi connectivity index (χ0v) is 28.3. The first-order chi connectivity index (χ1) is 23.0. The van der Waals surface area contributed by atoms with Gasteiger partial charge in [0.1, 0.15) is 22.1 Å². The summed E-state index contributed by atoms with van der Waals surface area (Å²) in [6.45, 7) is 10.8. The Hall–Kier alpha value is -4.11. The number of aryl methyl sites for hydroxylation is 3. The molecular formula is C34H41N7O6S. The van der Waals surface area contributed by atoms with E-state index < -0.39 is 27.5 Å². The molecule has 1 spiro atoms. The molecule has 0 bridgehead atoms. The molecule has 4 aromatic rings. The molecule has 13 nitrogen and oxygen atoms in total. The Morgan fingerprint density at radius 3 is 2.62 bits per heavy atom. The van der Waals surface area contributed by atoms with Crippen LogP contribution in [0, 0.1) is 20.8 Å². The van der Waals surface area contributed by atoms with E-state index in [1.807, 2.05) is 55.6 Å². The summed E-state index contributed by atoms with van der Waals surface area (Å²) in [5, 5.41) is 21.7. The average molecular weight is 676 g/mol. The van der Waals surface area contributed by atoms with Gasteiger partial charge in [-0.25, -0.2) is 8.42 Å². The summed E-state index contributed by atoms with van der Waals surface area (Å²) in [6.07, 6.45) is 3.20. The molecule has 2 N–H and O–H groups in total. The van der Waals surface area contributed by atoms with Gasteiger partial charge in [-0.1, -0.05) is 18.2 Å². The Morgan fingerprint density at radius 1 is 1.08 bits per heavy atom. The number of nitrogens with zero attached hydrogens (tertiary/aromatic N) is 6. The molecule has 3 aromatic heterocycles. The van der Waals surface area contributed by atoms with Crippen LogP contribution < -0.4 is 10.1 Å². The molecule has 1 saturated carbocycles.